The average molecular weight is 394 g/mol. The van der Waals surface area contributed by atoms with Crippen molar-refractivity contribution < 1.29 is 14.0 Å². The van der Waals surface area contributed by atoms with E-state index in [1.807, 2.05) is 42.0 Å². The molecule has 2 aromatic heterocycles. The van der Waals surface area contributed by atoms with Gasteiger partial charge >= 0.3 is 0 Å². The van der Waals surface area contributed by atoms with Gasteiger partial charge in [0.15, 0.2) is 0 Å². The fourth-order valence-electron chi connectivity index (χ4n) is 3.15. The number of rotatable bonds is 9. The molecule has 0 saturated heterocycles. The van der Waals surface area contributed by atoms with Crippen LogP contribution in [0.5, 0.6) is 0 Å². The van der Waals surface area contributed by atoms with E-state index in [-0.39, 0.29) is 11.8 Å². The molecule has 3 rings (SSSR count). The number of carbonyl (C=O) groups is 2. The first-order valence-corrected chi connectivity index (χ1v) is 9.65. The topological polar surface area (TPSA) is 80.4 Å². The number of aryl methyl sites for hydroxylation is 2. The molecule has 0 fully saturated rings. The highest BCUT2D eigenvalue weighted by atomic mass is 16.3. The lowest BCUT2D eigenvalue weighted by Gasteiger charge is -2.22. The maximum atomic E-state index is 12.9. The van der Waals surface area contributed by atoms with Crippen molar-refractivity contribution in [1.29, 1.82) is 0 Å². The molecular weight excluding hydrogens is 368 g/mol. The minimum absolute atomic E-state index is 0.0644. The lowest BCUT2D eigenvalue weighted by Crippen LogP contribution is -2.30. The van der Waals surface area contributed by atoms with E-state index in [2.05, 4.69) is 10.3 Å². The molecule has 2 amide bonds. The monoisotopic (exact) mass is 394 g/mol. The molecule has 0 saturated carbocycles. The van der Waals surface area contributed by atoms with Crippen molar-refractivity contribution in [2.75, 3.05) is 7.05 Å². The molecule has 7 heteroatoms. The van der Waals surface area contributed by atoms with Gasteiger partial charge in [0.05, 0.1) is 12.8 Å². The number of imidazole rings is 1. The van der Waals surface area contributed by atoms with Crippen LogP contribution in [0.25, 0.3) is 0 Å². The average Bonchev–Trinajstić information content (AvgIpc) is 3.39. The smallest absolute Gasteiger partial charge is 0.251 e. The van der Waals surface area contributed by atoms with E-state index in [1.54, 1.807) is 36.5 Å². The normalized spacial score (nSPS) is 10.7. The number of furan rings is 1. The van der Waals surface area contributed by atoms with Crippen LogP contribution in [0.2, 0.25) is 0 Å². The first-order chi connectivity index (χ1) is 14.1. The number of hydrogen-bond donors (Lipinski definition) is 1. The van der Waals surface area contributed by atoms with Gasteiger partial charge in [0.25, 0.3) is 5.91 Å². The molecule has 1 aromatic carbocycles. The number of amides is 2. The number of aromatic nitrogens is 2. The van der Waals surface area contributed by atoms with Crippen LogP contribution < -0.4 is 5.32 Å². The van der Waals surface area contributed by atoms with Gasteiger partial charge in [-0.2, -0.15) is 0 Å². The molecule has 152 valence electrons. The maximum absolute atomic E-state index is 12.9. The summed E-state index contributed by atoms with van der Waals surface area (Å²) in [6.45, 7) is 3.57. The fourth-order valence-corrected chi connectivity index (χ4v) is 3.15. The summed E-state index contributed by atoms with van der Waals surface area (Å²) in [5.41, 5.74) is 1.55. The molecule has 3 aromatic rings. The highest BCUT2D eigenvalue weighted by molar-refractivity contribution is 5.93. The summed E-state index contributed by atoms with van der Waals surface area (Å²) in [6, 6.07) is 11.0. The van der Waals surface area contributed by atoms with Crippen LogP contribution >= 0.6 is 0 Å². The first-order valence-electron chi connectivity index (χ1n) is 9.65. The summed E-state index contributed by atoms with van der Waals surface area (Å²) in [4.78, 5) is 30.6. The van der Waals surface area contributed by atoms with Crippen LogP contribution in [0, 0.1) is 6.92 Å². The van der Waals surface area contributed by atoms with Gasteiger partial charge in [0.1, 0.15) is 11.6 Å². The molecule has 0 radical (unpaired) electrons. The van der Waals surface area contributed by atoms with Gasteiger partial charge in [-0.25, -0.2) is 4.98 Å². The number of hydrogen-bond acceptors (Lipinski definition) is 4. The lowest BCUT2D eigenvalue weighted by molar-refractivity contribution is -0.132. The van der Waals surface area contributed by atoms with E-state index in [4.69, 9.17) is 4.42 Å². The van der Waals surface area contributed by atoms with Gasteiger partial charge in [-0.1, -0.05) is 12.1 Å². The second kappa shape index (κ2) is 9.73. The Morgan fingerprint density at radius 3 is 2.59 bits per heavy atom. The van der Waals surface area contributed by atoms with Gasteiger partial charge in [-0.05, 0) is 43.2 Å². The second-order valence-corrected chi connectivity index (χ2v) is 6.88. The Hall–Kier alpha value is -3.35. The van der Waals surface area contributed by atoms with Crippen molar-refractivity contribution in [3.05, 3.63) is 77.8 Å². The van der Waals surface area contributed by atoms with Crippen LogP contribution in [-0.4, -0.2) is 33.3 Å². The molecule has 0 aliphatic carbocycles. The van der Waals surface area contributed by atoms with Crippen molar-refractivity contribution in [3.8, 4) is 0 Å². The van der Waals surface area contributed by atoms with E-state index >= 15 is 0 Å². The number of benzene rings is 1. The zero-order valence-electron chi connectivity index (χ0n) is 16.8. The van der Waals surface area contributed by atoms with Crippen LogP contribution in [0.3, 0.4) is 0 Å². The molecule has 1 N–H and O–H groups in total. The summed E-state index contributed by atoms with van der Waals surface area (Å²) in [5.74, 6) is 1.62. The zero-order chi connectivity index (χ0) is 20.6. The van der Waals surface area contributed by atoms with E-state index in [0.29, 0.717) is 25.1 Å². The second-order valence-electron chi connectivity index (χ2n) is 6.88. The third kappa shape index (κ3) is 5.57. The lowest BCUT2D eigenvalue weighted by atomic mass is 10.1. The van der Waals surface area contributed by atoms with Crippen molar-refractivity contribution in [2.24, 2.45) is 0 Å². The van der Waals surface area contributed by atoms with E-state index in [1.165, 1.54) is 0 Å². The Morgan fingerprint density at radius 2 is 1.97 bits per heavy atom. The highest BCUT2D eigenvalue weighted by Crippen LogP contribution is 2.14. The third-order valence-corrected chi connectivity index (χ3v) is 4.81. The van der Waals surface area contributed by atoms with Crippen molar-refractivity contribution >= 4 is 11.8 Å². The molecule has 7 nitrogen and oxygen atoms in total. The van der Waals surface area contributed by atoms with Crippen LogP contribution in [0.4, 0.5) is 0 Å². The quantitative estimate of drug-likeness (QED) is 0.605. The van der Waals surface area contributed by atoms with Crippen molar-refractivity contribution in [3.63, 3.8) is 0 Å². The largest absolute Gasteiger partial charge is 0.467 e. The maximum Gasteiger partial charge on any atom is 0.251 e. The molecule has 0 atom stereocenters. The van der Waals surface area contributed by atoms with Gasteiger partial charge in [-0.15, -0.1) is 0 Å². The summed E-state index contributed by atoms with van der Waals surface area (Å²) in [5, 5.41) is 2.61. The third-order valence-electron chi connectivity index (χ3n) is 4.81. The number of carbonyl (C=O) groups excluding carboxylic acids is 2. The van der Waals surface area contributed by atoms with Gasteiger partial charge in [0.2, 0.25) is 5.91 Å². The molecule has 0 unspecified atom stereocenters. The Balaban J connectivity index is 1.64. The molecule has 0 spiro atoms. The molecule has 0 aliphatic heterocycles. The Morgan fingerprint density at radius 1 is 1.17 bits per heavy atom. The van der Waals surface area contributed by atoms with Gasteiger partial charge in [-0.3, -0.25) is 9.59 Å². The highest BCUT2D eigenvalue weighted by Gasteiger charge is 2.16. The van der Waals surface area contributed by atoms with Crippen molar-refractivity contribution in [1.82, 2.24) is 19.8 Å². The Bertz CT molecular complexity index is 929. The predicted molar refractivity (Wildman–Crippen MR) is 109 cm³/mol. The van der Waals surface area contributed by atoms with Crippen LogP contribution in [0.1, 0.15) is 40.3 Å². The van der Waals surface area contributed by atoms with Gasteiger partial charge < -0.3 is 19.2 Å². The van der Waals surface area contributed by atoms with Crippen LogP contribution in [-0.2, 0) is 24.4 Å². The minimum atomic E-state index is -0.130. The molecular formula is C22H26N4O3. The van der Waals surface area contributed by atoms with E-state index in [9.17, 15) is 9.59 Å². The van der Waals surface area contributed by atoms with Crippen LogP contribution in [0.15, 0.2) is 59.5 Å². The fraction of sp³-hybridized carbons (Fsp3) is 0.318. The molecule has 0 bridgehead atoms. The zero-order valence-corrected chi connectivity index (χ0v) is 16.8. The number of nitrogens with one attached hydrogen (secondary N) is 1. The summed E-state index contributed by atoms with van der Waals surface area (Å²) >= 11 is 0. The number of nitrogens with zero attached hydrogens (tertiary/aromatic N) is 3. The Labute approximate surface area is 170 Å². The van der Waals surface area contributed by atoms with Gasteiger partial charge in [0, 0.05) is 44.5 Å². The first kappa shape index (κ1) is 20.4. The molecule has 0 aliphatic rings. The molecule has 29 heavy (non-hydrogen) atoms. The molecule has 2 heterocycles. The van der Waals surface area contributed by atoms with Crippen molar-refractivity contribution in [2.45, 2.75) is 39.4 Å². The summed E-state index contributed by atoms with van der Waals surface area (Å²) in [7, 11) is 1.60. The summed E-state index contributed by atoms with van der Waals surface area (Å²) in [6.07, 6.45) is 6.48. The van der Waals surface area contributed by atoms with E-state index < -0.39 is 0 Å². The standard InChI is InChI=1S/C22H26N4O3/c1-17-24-11-13-25(17)12-3-6-21(27)26(16-20-5-4-14-29-20)15-18-7-9-19(10-8-18)22(28)23-2/h4-5,7-11,13-14H,3,6,12,15-16H2,1-2H3,(H,23,28). The SMILES string of the molecule is CNC(=O)c1ccc(CN(Cc2ccco2)C(=O)CCCn2ccnc2C)cc1. The Kier molecular flexibility index (Phi) is 6.84. The summed E-state index contributed by atoms with van der Waals surface area (Å²) < 4.78 is 7.48. The minimum Gasteiger partial charge on any atom is -0.467 e. The van der Waals surface area contributed by atoms with E-state index in [0.717, 1.165) is 30.1 Å². The predicted octanol–water partition coefficient (Wildman–Crippen LogP) is 3.15.